The number of sulfone groups is 1. The number of pyridine rings is 1. The lowest BCUT2D eigenvalue weighted by molar-refractivity contribution is 0.102. The SMILES string of the molecule is Cc1ccc(NC(=O)c2cc(-c3ccc(C)cc3)nc3c2c(C)nn3C2CCS(=O)(=O)C2)cc1. The van der Waals surface area contributed by atoms with Crippen molar-refractivity contribution in [1.82, 2.24) is 14.8 Å². The Morgan fingerprint density at radius 3 is 2.26 bits per heavy atom. The fourth-order valence-corrected chi connectivity index (χ4v) is 6.11. The predicted octanol–water partition coefficient (Wildman–Crippen LogP) is 4.64. The molecule has 34 heavy (non-hydrogen) atoms. The number of anilines is 1. The third kappa shape index (κ3) is 4.21. The lowest BCUT2D eigenvalue weighted by atomic mass is 10.0. The van der Waals surface area contributed by atoms with Crippen molar-refractivity contribution in [3.05, 3.63) is 77.0 Å². The first-order valence-corrected chi connectivity index (χ1v) is 13.1. The summed E-state index contributed by atoms with van der Waals surface area (Å²) in [5.41, 5.74) is 6.09. The van der Waals surface area contributed by atoms with Gasteiger partial charge in [-0.1, -0.05) is 47.5 Å². The molecule has 3 heterocycles. The molecule has 1 aliphatic rings. The monoisotopic (exact) mass is 474 g/mol. The zero-order chi connectivity index (χ0) is 24.0. The fraction of sp³-hybridized carbons (Fsp3) is 0.269. The van der Waals surface area contributed by atoms with Gasteiger partial charge in [0.1, 0.15) is 0 Å². The average molecular weight is 475 g/mol. The molecule has 0 saturated carbocycles. The number of aromatic nitrogens is 3. The molecule has 1 unspecified atom stereocenters. The topological polar surface area (TPSA) is 93.9 Å². The fourth-order valence-electron chi connectivity index (χ4n) is 4.42. The Balaban J connectivity index is 1.67. The first kappa shape index (κ1) is 22.3. The maximum absolute atomic E-state index is 13.5. The Bertz CT molecular complexity index is 1500. The second kappa shape index (κ2) is 8.36. The predicted molar refractivity (Wildman–Crippen MR) is 134 cm³/mol. The summed E-state index contributed by atoms with van der Waals surface area (Å²) in [6.07, 6.45) is 0.486. The molecule has 2 aromatic carbocycles. The van der Waals surface area contributed by atoms with E-state index in [1.807, 2.05) is 69.3 Å². The van der Waals surface area contributed by atoms with E-state index in [-0.39, 0.29) is 23.5 Å². The van der Waals surface area contributed by atoms with Gasteiger partial charge in [-0.15, -0.1) is 0 Å². The van der Waals surface area contributed by atoms with Gasteiger partial charge in [-0.3, -0.25) is 4.79 Å². The van der Waals surface area contributed by atoms with Crippen molar-refractivity contribution in [2.75, 3.05) is 16.8 Å². The second-order valence-corrected chi connectivity index (χ2v) is 11.3. The van der Waals surface area contributed by atoms with Crippen molar-refractivity contribution >= 4 is 32.5 Å². The number of hydrogen-bond acceptors (Lipinski definition) is 5. The van der Waals surface area contributed by atoms with E-state index in [0.29, 0.717) is 40.1 Å². The molecule has 4 aromatic rings. The number of carbonyl (C=O) groups excluding carboxylic acids is 1. The maximum atomic E-state index is 13.5. The molecule has 1 saturated heterocycles. The summed E-state index contributed by atoms with van der Waals surface area (Å²) in [5.74, 6) is -0.0903. The number of amides is 1. The first-order chi connectivity index (χ1) is 16.2. The number of rotatable bonds is 4. The van der Waals surface area contributed by atoms with Crippen LogP contribution in [0.1, 0.15) is 39.6 Å². The van der Waals surface area contributed by atoms with Crippen LogP contribution in [0.2, 0.25) is 0 Å². The van der Waals surface area contributed by atoms with Crippen LogP contribution in [0.5, 0.6) is 0 Å². The van der Waals surface area contributed by atoms with E-state index in [0.717, 1.165) is 16.7 Å². The highest BCUT2D eigenvalue weighted by atomic mass is 32.2. The number of benzene rings is 2. The van der Waals surface area contributed by atoms with Gasteiger partial charge < -0.3 is 5.32 Å². The molecule has 1 aliphatic heterocycles. The van der Waals surface area contributed by atoms with Crippen molar-refractivity contribution in [2.45, 2.75) is 33.2 Å². The molecule has 0 spiro atoms. The largest absolute Gasteiger partial charge is 0.322 e. The van der Waals surface area contributed by atoms with Crippen LogP contribution in [0.3, 0.4) is 0 Å². The summed E-state index contributed by atoms with van der Waals surface area (Å²) in [6.45, 7) is 5.84. The summed E-state index contributed by atoms with van der Waals surface area (Å²) in [5, 5.41) is 8.29. The molecular formula is C26H26N4O3S. The van der Waals surface area contributed by atoms with E-state index in [2.05, 4.69) is 10.4 Å². The van der Waals surface area contributed by atoms with Crippen molar-refractivity contribution in [1.29, 1.82) is 0 Å². The zero-order valence-electron chi connectivity index (χ0n) is 19.4. The normalized spacial score (nSPS) is 17.2. The van der Waals surface area contributed by atoms with Crippen LogP contribution in [0.25, 0.3) is 22.3 Å². The summed E-state index contributed by atoms with van der Waals surface area (Å²) in [6, 6.07) is 17.1. The van der Waals surface area contributed by atoms with Gasteiger partial charge in [0.2, 0.25) is 0 Å². The molecule has 1 atom stereocenters. The van der Waals surface area contributed by atoms with Gasteiger partial charge in [0.05, 0.1) is 39.9 Å². The van der Waals surface area contributed by atoms with Crippen LogP contribution in [-0.2, 0) is 9.84 Å². The van der Waals surface area contributed by atoms with Gasteiger partial charge in [-0.05, 0) is 45.4 Å². The maximum Gasteiger partial charge on any atom is 0.256 e. The number of carbonyl (C=O) groups is 1. The molecular weight excluding hydrogens is 448 g/mol. The van der Waals surface area contributed by atoms with E-state index >= 15 is 0 Å². The van der Waals surface area contributed by atoms with Crippen molar-refractivity contribution < 1.29 is 13.2 Å². The quantitative estimate of drug-likeness (QED) is 0.465. The lowest BCUT2D eigenvalue weighted by Crippen LogP contribution is -2.15. The van der Waals surface area contributed by atoms with Crippen LogP contribution < -0.4 is 5.32 Å². The van der Waals surface area contributed by atoms with Gasteiger partial charge in [0, 0.05) is 11.3 Å². The molecule has 0 bridgehead atoms. The van der Waals surface area contributed by atoms with Gasteiger partial charge in [-0.2, -0.15) is 5.10 Å². The molecule has 8 heteroatoms. The molecule has 5 rings (SSSR count). The van der Waals surface area contributed by atoms with E-state index in [1.54, 1.807) is 10.7 Å². The van der Waals surface area contributed by atoms with Crippen LogP contribution in [0.15, 0.2) is 54.6 Å². The van der Waals surface area contributed by atoms with Gasteiger partial charge >= 0.3 is 0 Å². The van der Waals surface area contributed by atoms with Crippen molar-refractivity contribution in [2.24, 2.45) is 0 Å². The highest BCUT2D eigenvalue weighted by Crippen LogP contribution is 2.32. The van der Waals surface area contributed by atoms with Gasteiger partial charge in [0.15, 0.2) is 15.5 Å². The van der Waals surface area contributed by atoms with E-state index in [4.69, 9.17) is 4.98 Å². The van der Waals surface area contributed by atoms with E-state index < -0.39 is 9.84 Å². The minimum Gasteiger partial charge on any atom is -0.322 e. The Kier molecular flexibility index (Phi) is 5.48. The van der Waals surface area contributed by atoms with Gasteiger partial charge in [0.25, 0.3) is 5.91 Å². The summed E-state index contributed by atoms with van der Waals surface area (Å²) in [7, 11) is -3.11. The minimum absolute atomic E-state index is 0.0323. The number of nitrogens with zero attached hydrogens (tertiary/aromatic N) is 3. The molecule has 7 nitrogen and oxygen atoms in total. The number of fused-ring (bicyclic) bond motifs is 1. The summed E-state index contributed by atoms with van der Waals surface area (Å²) < 4.78 is 26.0. The minimum atomic E-state index is -3.11. The van der Waals surface area contributed by atoms with Crippen LogP contribution >= 0.6 is 0 Å². The highest BCUT2D eigenvalue weighted by molar-refractivity contribution is 7.91. The smallest absolute Gasteiger partial charge is 0.256 e. The zero-order valence-corrected chi connectivity index (χ0v) is 20.2. The first-order valence-electron chi connectivity index (χ1n) is 11.3. The molecule has 1 fully saturated rings. The van der Waals surface area contributed by atoms with Crippen LogP contribution in [0.4, 0.5) is 5.69 Å². The standard InChI is InChI=1S/C26H26N4O3S/c1-16-4-8-19(9-5-16)23-14-22(26(31)27-20-10-6-17(2)7-11-20)24-18(3)29-30(25(24)28-23)21-12-13-34(32,33)15-21/h4-11,14,21H,12-13,15H2,1-3H3,(H,27,31). The molecule has 1 N–H and O–H groups in total. The molecule has 174 valence electrons. The third-order valence-corrected chi connectivity index (χ3v) is 8.04. The number of aryl methyl sites for hydroxylation is 3. The third-order valence-electron chi connectivity index (χ3n) is 6.29. The Morgan fingerprint density at radius 2 is 1.65 bits per heavy atom. The average Bonchev–Trinajstić information content (AvgIpc) is 3.34. The molecule has 2 aromatic heterocycles. The summed E-state index contributed by atoms with van der Waals surface area (Å²) >= 11 is 0. The van der Waals surface area contributed by atoms with Crippen molar-refractivity contribution in [3.63, 3.8) is 0 Å². The van der Waals surface area contributed by atoms with E-state index in [9.17, 15) is 13.2 Å². The molecule has 1 amide bonds. The Labute approximate surface area is 198 Å². The Morgan fingerprint density at radius 1 is 1.00 bits per heavy atom. The molecule has 0 aliphatic carbocycles. The highest BCUT2D eigenvalue weighted by Gasteiger charge is 2.32. The van der Waals surface area contributed by atoms with Crippen LogP contribution in [-0.4, -0.2) is 40.6 Å². The van der Waals surface area contributed by atoms with Crippen LogP contribution in [0, 0.1) is 20.8 Å². The number of nitrogens with one attached hydrogen (secondary N) is 1. The Hall–Kier alpha value is -3.52. The van der Waals surface area contributed by atoms with Crippen molar-refractivity contribution in [3.8, 4) is 11.3 Å². The van der Waals surface area contributed by atoms with Gasteiger partial charge in [-0.25, -0.2) is 18.1 Å². The summed E-state index contributed by atoms with van der Waals surface area (Å²) in [4.78, 5) is 18.3. The number of hydrogen-bond donors (Lipinski definition) is 1. The van der Waals surface area contributed by atoms with E-state index in [1.165, 1.54) is 0 Å². The lowest BCUT2D eigenvalue weighted by Gasteiger charge is -2.12. The second-order valence-electron chi connectivity index (χ2n) is 9.03. The molecule has 0 radical (unpaired) electrons.